The van der Waals surface area contributed by atoms with Gasteiger partial charge < -0.3 is 15.0 Å². The maximum absolute atomic E-state index is 12.8. The lowest BCUT2D eigenvalue weighted by atomic mass is 10.0. The lowest BCUT2D eigenvalue weighted by Crippen LogP contribution is -2.46. The lowest BCUT2D eigenvalue weighted by Gasteiger charge is -2.36. The Hall–Kier alpha value is -2.25. The van der Waals surface area contributed by atoms with Crippen molar-refractivity contribution < 1.29 is 9.53 Å². The molecule has 0 bridgehead atoms. The molecule has 160 valence electrons. The number of allylic oxidation sites excluding steroid dienone is 1. The molecule has 29 heavy (non-hydrogen) atoms. The summed E-state index contributed by atoms with van der Waals surface area (Å²) in [5.41, 5.74) is 1.64. The summed E-state index contributed by atoms with van der Waals surface area (Å²) in [5, 5.41) is 3.23. The minimum absolute atomic E-state index is 0.0000813. The maximum atomic E-state index is 12.8. The highest BCUT2D eigenvalue weighted by atomic mass is 16.5. The van der Waals surface area contributed by atoms with Gasteiger partial charge in [0.2, 0.25) is 5.95 Å². The average Bonchev–Trinajstić information content (AvgIpc) is 2.73. The van der Waals surface area contributed by atoms with E-state index in [0.717, 1.165) is 44.5 Å². The van der Waals surface area contributed by atoms with Crippen LogP contribution in [0.5, 0.6) is 0 Å². The number of likely N-dealkylation sites (N-methyl/N-ethyl adjacent to an activating group) is 1. The molecule has 1 aliphatic heterocycles. The zero-order valence-corrected chi connectivity index (χ0v) is 18.2. The third-order valence-corrected chi connectivity index (χ3v) is 5.32. The highest BCUT2D eigenvalue weighted by Gasteiger charge is 2.26. The van der Waals surface area contributed by atoms with Crippen LogP contribution in [-0.2, 0) is 4.74 Å². The minimum Gasteiger partial charge on any atom is -0.383 e. The van der Waals surface area contributed by atoms with Crippen LogP contribution in [0.25, 0.3) is 0 Å². The van der Waals surface area contributed by atoms with Crippen molar-refractivity contribution in [1.82, 2.24) is 19.8 Å². The maximum Gasteiger partial charge on any atom is 0.256 e. The number of aromatic nitrogens is 2. The van der Waals surface area contributed by atoms with E-state index in [1.165, 1.54) is 0 Å². The van der Waals surface area contributed by atoms with Crippen LogP contribution in [0.4, 0.5) is 5.95 Å². The number of carbonyl (C=O) groups is 1. The van der Waals surface area contributed by atoms with Gasteiger partial charge in [0, 0.05) is 45.2 Å². The summed E-state index contributed by atoms with van der Waals surface area (Å²) in [4.78, 5) is 25.6. The second kappa shape index (κ2) is 11.7. The van der Waals surface area contributed by atoms with E-state index >= 15 is 0 Å². The second-order valence-corrected chi connectivity index (χ2v) is 7.60. The summed E-state index contributed by atoms with van der Waals surface area (Å²) in [6, 6.07) is 0.622. The Labute approximate surface area is 174 Å². The highest BCUT2D eigenvalue weighted by Crippen LogP contribution is 2.18. The Bertz CT molecular complexity index is 681. The van der Waals surface area contributed by atoms with Crippen LogP contribution >= 0.6 is 0 Å². The summed E-state index contributed by atoms with van der Waals surface area (Å²) < 4.78 is 5.18. The van der Waals surface area contributed by atoms with E-state index in [1.54, 1.807) is 19.5 Å². The molecule has 1 aromatic rings. The summed E-state index contributed by atoms with van der Waals surface area (Å²) in [7, 11) is 3.80. The van der Waals surface area contributed by atoms with Gasteiger partial charge in [-0.25, -0.2) is 9.97 Å². The number of likely N-dealkylation sites (tertiary alicyclic amines) is 1. The Balaban J connectivity index is 1.86. The van der Waals surface area contributed by atoms with Gasteiger partial charge in [0.05, 0.1) is 18.2 Å². The van der Waals surface area contributed by atoms with Gasteiger partial charge in [-0.3, -0.25) is 9.69 Å². The quantitative estimate of drug-likeness (QED) is 0.608. The van der Waals surface area contributed by atoms with Gasteiger partial charge in [-0.1, -0.05) is 25.7 Å². The van der Waals surface area contributed by atoms with Crippen molar-refractivity contribution in [3.63, 3.8) is 0 Å². The van der Waals surface area contributed by atoms with E-state index in [-0.39, 0.29) is 11.9 Å². The first-order valence-electron chi connectivity index (χ1n) is 10.4. The average molecular weight is 402 g/mol. The molecule has 1 unspecified atom stereocenters. The van der Waals surface area contributed by atoms with E-state index in [9.17, 15) is 4.79 Å². The van der Waals surface area contributed by atoms with Crippen LogP contribution in [0.3, 0.4) is 0 Å². The van der Waals surface area contributed by atoms with Gasteiger partial charge in [0.1, 0.15) is 0 Å². The number of hydrogen-bond donors (Lipinski definition) is 1. The Kier molecular flexibility index (Phi) is 9.28. The zero-order chi connectivity index (χ0) is 21.2. The predicted octanol–water partition coefficient (Wildman–Crippen LogP) is 2.98. The number of methoxy groups -OCH3 is 1. The number of anilines is 1. The number of rotatable bonds is 10. The second-order valence-electron chi connectivity index (χ2n) is 7.60. The molecule has 0 spiro atoms. The molecule has 0 saturated carbocycles. The standard InChI is InChI=1S/C22H35N5O2/c1-6-8-17(3)15-26(4)20-9-11-27(12-10-20)21(28)18-13-23-22(24-14-18)25-19(7-2)16-29-5/h6,8,13-14,19-20H,3,7,9-12,15-16H2,1-2,4-5H3,(H,23,24,25)/b8-6-. The van der Waals surface area contributed by atoms with Gasteiger partial charge in [0.25, 0.3) is 5.91 Å². The van der Waals surface area contributed by atoms with Gasteiger partial charge in [-0.2, -0.15) is 0 Å². The normalized spacial score (nSPS) is 16.4. The van der Waals surface area contributed by atoms with Gasteiger partial charge in [-0.15, -0.1) is 0 Å². The monoisotopic (exact) mass is 401 g/mol. The van der Waals surface area contributed by atoms with Crippen LogP contribution in [-0.4, -0.2) is 78.2 Å². The smallest absolute Gasteiger partial charge is 0.256 e. The first kappa shape index (κ1) is 23.0. The Morgan fingerprint density at radius 3 is 2.62 bits per heavy atom. The van der Waals surface area contributed by atoms with E-state index in [1.807, 2.05) is 24.0 Å². The van der Waals surface area contributed by atoms with Crippen LogP contribution in [0.1, 0.15) is 43.5 Å². The van der Waals surface area contributed by atoms with E-state index < -0.39 is 0 Å². The predicted molar refractivity (Wildman–Crippen MR) is 117 cm³/mol. The Morgan fingerprint density at radius 1 is 1.41 bits per heavy atom. The number of nitrogens with one attached hydrogen (secondary N) is 1. The fourth-order valence-corrected chi connectivity index (χ4v) is 3.59. The number of nitrogens with zero attached hydrogens (tertiary/aromatic N) is 4. The van der Waals surface area contributed by atoms with Crippen molar-refractivity contribution in [1.29, 1.82) is 0 Å². The van der Waals surface area contributed by atoms with Gasteiger partial charge in [0.15, 0.2) is 0 Å². The van der Waals surface area contributed by atoms with Crippen LogP contribution in [0.2, 0.25) is 0 Å². The topological polar surface area (TPSA) is 70.6 Å². The molecule has 1 N–H and O–H groups in total. The first-order valence-corrected chi connectivity index (χ1v) is 10.4. The van der Waals surface area contributed by atoms with E-state index in [0.29, 0.717) is 24.2 Å². The molecular weight excluding hydrogens is 366 g/mol. The van der Waals surface area contributed by atoms with Crippen molar-refractivity contribution in [3.05, 3.63) is 42.3 Å². The number of ether oxygens (including phenoxy) is 1. The van der Waals surface area contributed by atoms with Crippen molar-refractivity contribution in [2.45, 2.75) is 45.2 Å². The molecule has 0 radical (unpaired) electrons. The molecule has 2 rings (SSSR count). The largest absolute Gasteiger partial charge is 0.383 e. The van der Waals surface area contributed by atoms with E-state index in [2.05, 4.69) is 40.7 Å². The summed E-state index contributed by atoms with van der Waals surface area (Å²) >= 11 is 0. The molecular formula is C22H35N5O2. The molecule has 7 nitrogen and oxygen atoms in total. The molecule has 2 heterocycles. The Morgan fingerprint density at radius 2 is 2.07 bits per heavy atom. The van der Waals surface area contributed by atoms with Crippen LogP contribution < -0.4 is 5.32 Å². The molecule has 1 atom stereocenters. The van der Waals surface area contributed by atoms with Crippen LogP contribution in [0.15, 0.2) is 36.7 Å². The molecule has 1 amide bonds. The number of piperidine rings is 1. The van der Waals surface area contributed by atoms with Gasteiger partial charge >= 0.3 is 0 Å². The van der Waals surface area contributed by atoms with Crippen molar-refractivity contribution in [3.8, 4) is 0 Å². The summed E-state index contributed by atoms with van der Waals surface area (Å²) in [5.74, 6) is 0.520. The fraction of sp³-hybridized carbons (Fsp3) is 0.591. The highest BCUT2D eigenvalue weighted by molar-refractivity contribution is 5.93. The number of hydrogen-bond acceptors (Lipinski definition) is 6. The first-order chi connectivity index (χ1) is 14.0. The molecule has 1 aromatic heterocycles. The van der Waals surface area contributed by atoms with Crippen LogP contribution in [0, 0.1) is 0 Å². The number of amides is 1. The molecule has 1 saturated heterocycles. The lowest BCUT2D eigenvalue weighted by molar-refractivity contribution is 0.0652. The van der Waals surface area contributed by atoms with Gasteiger partial charge in [-0.05, 0) is 38.8 Å². The molecule has 0 aromatic carbocycles. The van der Waals surface area contributed by atoms with Crippen molar-refractivity contribution in [2.24, 2.45) is 0 Å². The summed E-state index contributed by atoms with van der Waals surface area (Å²) in [6.07, 6.45) is 10.1. The molecule has 1 aliphatic rings. The zero-order valence-electron chi connectivity index (χ0n) is 18.2. The molecule has 7 heteroatoms. The van der Waals surface area contributed by atoms with E-state index in [4.69, 9.17) is 4.74 Å². The number of carbonyl (C=O) groups excluding carboxylic acids is 1. The summed E-state index contributed by atoms with van der Waals surface area (Å²) in [6.45, 7) is 11.1. The third kappa shape index (κ3) is 6.94. The molecule has 0 aliphatic carbocycles. The fourth-order valence-electron chi connectivity index (χ4n) is 3.59. The van der Waals surface area contributed by atoms with Crippen molar-refractivity contribution in [2.75, 3.05) is 45.7 Å². The third-order valence-electron chi connectivity index (χ3n) is 5.32. The minimum atomic E-state index is -0.0000813. The molecule has 1 fully saturated rings. The SMILES string of the molecule is C=C(/C=C\C)CN(C)C1CCN(C(=O)c2cnc(NC(CC)COC)nc2)CC1. The van der Waals surface area contributed by atoms with Crippen molar-refractivity contribution >= 4 is 11.9 Å².